The molecule has 1 aliphatic rings. The Kier molecular flexibility index (Phi) is 4.42. The van der Waals surface area contributed by atoms with E-state index in [-0.39, 0.29) is 5.91 Å². The maximum Gasteiger partial charge on any atom is 0.272 e. The normalized spacial score (nSPS) is 15.4. The van der Waals surface area contributed by atoms with E-state index in [0.29, 0.717) is 11.6 Å². The number of hydrogen-bond donors (Lipinski definition) is 0. The highest BCUT2D eigenvalue weighted by molar-refractivity contribution is 5.92. The van der Waals surface area contributed by atoms with Crippen LogP contribution in [-0.4, -0.2) is 33.9 Å². The molecule has 1 aromatic carbocycles. The molecule has 1 fully saturated rings. The fraction of sp³-hybridized carbons (Fsp3) is 0.286. The minimum absolute atomic E-state index is 0.0495. The van der Waals surface area contributed by atoms with E-state index in [1.165, 1.54) is 10.9 Å². The van der Waals surface area contributed by atoms with Crippen LogP contribution in [0, 0.1) is 5.92 Å². The fourth-order valence-electron chi connectivity index (χ4n) is 3.65. The zero-order valence-electron chi connectivity index (χ0n) is 14.1. The van der Waals surface area contributed by atoms with Crippen molar-refractivity contribution in [2.75, 3.05) is 13.1 Å². The van der Waals surface area contributed by atoms with Crippen LogP contribution >= 0.6 is 0 Å². The van der Waals surface area contributed by atoms with Gasteiger partial charge in [0.05, 0.1) is 5.52 Å². The number of nitrogens with zero attached hydrogens (tertiary/aromatic N) is 3. The van der Waals surface area contributed by atoms with E-state index >= 15 is 0 Å². The summed E-state index contributed by atoms with van der Waals surface area (Å²) in [5, 5.41) is 1.25. The van der Waals surface area contributed by atoms with Crippen molar-refractivity contribution in [1.82, 2.24) is 14.9 Å². The number of carbonyl (C=O) groups excluding carboxylic acids is 1. The van der Waals surface area contributed by atoms with Gasteiger partial charge in [0.25, 0.3) is 5.91 Å². The van der Waals surface area contributed by atoms with Gasteiger partial charge in [0.15, 0.2) is 0 Å². The summed E-state index contributed by atoms with van der Waals surface area (Å²) in [5.74, 6) is 0.659. The molecule has 0 atom stereocenters. The van der Waals surface area contributed by atoms with Crippen molar-refractivity contribution in [3.63, 3.8) is 0 Å². The summed E-state index contributed by atoms with van der Waals surface area (Å²) in [6, 6.07) is 16.0. The van der Waals surface area contributed by atoms with Crippen LogP contribution in [0.1, 0.15) is 28.9 Å². The molecule has 1 aliphatic heterocycles. The molecule has 3 aromatic rings. The molecule has 0 bridgehead atoms. The van der Waals surface area contributed by atoms with Crippen molar-refractivity contribution in [3.8, 4) is 0 Å². The van der Waals surface area contributed by atoms with Crippen molar-refractivity contribution in [2.45, 2.75) is 19.3 Å². The quantitative estimate of drug-likeness (QED) is 0.735. The van der Waals surface area contributed by atoms with Crippen molar-refractivity contribution in [1.29, 1.82) is 0 Å². The number of hydrogen-bond acceptors (Lipinski definition) is 3. The summed E-state index contributed by atoms with van der Waals surface area (Å²) in [5.41, 5.74) is 2.96. The Morgan fingerprint density at radius 2 is 1.80 bits per heavy atom. The summed E-state index contributed by atoms with van der Waals surface area (Å²) < 4.78 is 0. The summed E-state index contributed by atoms with van der Waals surface area (Å²) in [6.07, 6.45) is 6.64. The Morgan fingerprint density at radius 3 is 2.60 bits per heavy atom. The monoisotopic (exact) mass is 331 g/mol. The van der Waals surface area contributed by atoms with Crippen LogP contribution in [0.15, 0.2) is 60.9 Å². The standard InChI is InChI=1S/C21H21N3O/c25-21(20-7-1-2-11-23-20)24-13-9-16(10-14-24)15-17-5-3-8-19-18(17)6-4-12-22-19/h1-8,11-12,16H,9-10,13-15H2. The van der Waals surface area contributed by atoms with Crippen LogP contribution < -0.4 is 0 Å². The van der Waals surface area contributed by atoms with Gasteiger partial charge in [-0.15, -0.1) is 0 Å². The molecule has 4 nitrogen and oxygen atoms in total. The van der Waals surface area contributed by atoms with Gasteiger partial charge >= 0.3 is 0 Å². The molecular weight excluding hydrogens is 310 g/mol. The van der Waals surface area contributed by atoms with Crippen molar-refractivity contribution < 1.29 is 4.79 Å². The lowest BCUT2D eigenvalue weighted by Crippen LogP contribution is -2.39. The Hall–Kier alpha value is -2.75. The first kappa shape index (κ1) is 15.8. The SMILES string of the molecule is O=C(c1ccccn1)N1CCC(Cc2cccc3ncccc23)CC1. The number of amides is 1. The number of pyridine rings is 2. The first-order valence-electron chi connectivity index (χ1n) is 8.84. The molecule has 2 aromatic heterocycles. The Morgan fingerprint density at radius 1 is 0.960 bits per heavy atom. The average Bonchev–Trinajstić information content (AvgIpc) is 2.69. The first-order valence-corrected chi connectivity index (χ1v) is 8.84. The Balaban J connectivity index is 1.41. The second-order valence-corrected chi connectivity index (χ2v) is 6.64. The van der Waals surface area contributed by atoms with E-state index < -0.39 is 0 Å². The number of rotatable bonds is 3. The maximum atomic E-state index is 12.5. The molecule has 4 heteroatoms. The molecule has 0 saturated carbocycles. The number of likely N-dealkylation sites (tertiary alicyclic amines) is 1. The van der Waals surface area contributed by atoms with Crippen LogP contribution in [0.4, 0.5) is 0 Å². The molecule has 0 aliphatic carbocycles. The molecule has 1 saturated heterocycles. The summed E-state index contributed by atoms with van der Waals surface area (Å²) in [6.45, 7) is 1.62. The number of carbonyl (C=O) groups is 1. The van der Waals surface area contributed by atoms with Crippen LogP contribution in [0.5, 0.6) is 0 Å². The molecule has 3 heterocycles. The highest BCUT2D eigenvalue weighted by atomic mass is 16.2. The summed E-state index contributed by atoms with van der Waals surface area (Å²) in [7, 11) is 0. The number of aromatic nitrogens is 2. The van der Waals surface area contributed by atoms with Crippen LogP contribution in [0.25, 0.3) is 10.9 Å². The predicted octanol–water partition coefficient (Wildman–Crippen LogP) is 3.72. The van der Waals surface area contributed by atoms with Gasteiger partial charge in [0.1, 0.15) is 5.69 Å². The third kappa shape index (κ3) is 3.38. The van der Waals surface area contributed by atoms with Gasteiger partial charge < -0.3 is 4.90 Å². The lowest BCUT2D eigenvalue weighted by molar-refractivity contribution is 0.0684. The van der Waals surface area contributed by atoms with E-state index in [1.807, 2.05) is 29.3 Å². The second kappa shape index (κ2) is 7.01. The van der Waals surface area contributed by atoms with E-state index in [9.17, 15) is 4.79 Å². The lowest BCUT2D eigenvalue weighted by atomic mass is 9.88. The van der Waals surface area contributed by atoms with Crippen LogP contribution in [0.3, 0.4) is 0 Å². The largest absolute Gasteiger partial charge is 0.337 e. The van der Waals surface area contributed by atoms with E-state index in [4.69, 9.17) is 0 Å². The molecule has 4 rings (SSSR count). The minimum atomic E-state index is 0.0495. The maximum absolute atomic E-state index is 12.5. The smallest absolute Gasteiger partial charge is 0.272 e. The Labute approximate surface area is 147 Å². The van der Waals surface area contributed by atoms with Crippen LogP contribution in [-0.2, 0) is 6.42 Å². The highest BCUT2D eigenvalue weighted by Crippen LogP contribution is 2.26. The average molecular weight is 331 g/mol. The third-order valence-corrected chi connectivity index (χ3v) is 5.03. The van der Waals surface area contributed by atoms with E-state index in [1.54, 1.807) is 12.3 Å². The Bertz CT molecular complexity index is 865. The van der Waals surface area contributed by atoms with Gasteiger partial charge in [-0.2, -0.15) is 0 Å². The molecule has 0 spiro atoms. The van der Waals surface area contributed by atoms with Gasteiger partial charge in [0, 0.05) is 30.9 Å². The lowest BCUT2D eigenvalue weighted by Gasteiger charge is -2.32. The molecule has 126 valence electrons. The molecule has 0 unspecified atom stereocenters. The summed E-state index contributed by atoms with van der Waals surface area (Å²) in [4.78, 5) is 23.0. The topological polar surface area (TPSA) is 46.1 Å². The minimum Gasteiger partial charge on any atom is -0.337 e. The molecule has 0 N–H and O–H groups in total. The van der Waals surface area contributed by atoms with Gasteiger partial charge in [-0.25, -0.2) is 0 Å². The molecule has 25 heavy (non-hydrogen) atoms. The van der Waals surface area contributed by atoms with Crippen LogP contribution in [0.2, 0.25) is 0 Å². The number of benzene rings is 1. The van der Waals surface area contributed by atoms with Gasteiger partial charge in [-0.3, -0.25) is 14.8 Å². The number of fused-ring (bicyclic) bond motifs is 1. The summed E-state index contributed by atoms with van der Waals surface area (Å²) >= 11 is 0. The second-order valence-electron chi connectivity index (χ2n) is 6.64. The van der Waals surface area contributed by atoms with Crippen molar-refractivity contribution in [3.05, 3.63) is 72.2 Å². The molecule has 0 radical (unpaired) electrons. The highest BCUT2D eigenvalue weighted by Gasteiger charge is 2.24. The number of piperidine rings is 1. The fourth-order valence-corrected chi connectivity index (χ4v) is 3.65. The van der Waals surface area contributed by atoms with E-state index in [2.05, 4.69) is 34.2 Å². The zero-order valence-corrected chi connectivity index (χ0v) is 14.1. The molecule has 1 amide bonds. The molecular formula is C21H21N3O. The van der Waals surface area contributed by atoms with Gasteiger partial charge in [0.2, 0.25) is 0 Å². The van der Waals surface area contributed by atoms with Crippen molar-refractivity contribution in [2.24, 2.45) is 5.92 Å². The van der Waals surface area contributed by atoms with Crippen molar-refractivity contribution >= 4 is 16.8 Å². The van der Waals surface area contributed by atoms with Gasteiger partial charge in [-0.1, -0.05) is 24.3 Å². The van der Waals surface area contributed by atoms with Gasteiger partial charge in [-0.05, 0) is 55.0 Å². The van der Waals surface area contributed by atoms with E-state index in [0.717, 1.165) is 37.9 Å². The third-order valence-electron chi connectivity index (χ3n) is 5.03. The predicted molar refractivity (Wildman–Crippen MR) is 98.3 cm³/mol. The zero-order chi connectivity index (χ0) is 17.1. The first-order chi connectivity index (χ1) is 12.3.